The molecule has 0 unspecified atom stereocenters. The normalized spacial score (nSPS) is 15.0. The predicted octanol–water partition coefficient (Wildman–Crippen LogP) is 3.36. The van der Waals surface area contributed by atoms with Crippen LogP contribution in [0.4, 0.5) is 9.18 Å². The van der Waals surface area contributed by atoms with Gasteiger partial charge in [-0.1, -0.05) is 17.7 Å². The van der Waals surface area contributed by atoms with Gasteiger partial charge in [0.2, 0.25) is 0 Å². The van der Waals surface area contributed by atoms with E-state index in [4.69, 9.17) is 11.6 Å². The first-order chi connectivity index (χ1) is 11.4. The third-order valence-corrected chi connectivity index (χ3v) is 4.84. The molecule has 0 heterocycles. The van der Waals surface area contributed by atoms with Crippen molar-refractivity contribution in [3.63, 3.8) is 0 Å². The molecule has 0 aliphatic heterocycles. The Morgan fingerprint density at radius 3 is 2.75 bits per heavy atom. The summed E-state index contributed by atoms with van der Waals surface area (Å²) in [4.78, 5) is 25.3. The van der Waals surface area contributed by atoms with E-state index in [9.17, 15) is 19.1 Å². The van der Waals surface area contributed by atoms with Crippen LogP contribution in [0.1, 0.15) is 24.8 Å². The maximum Gasteiger partial charge on any atom is 0.326 e. The van der Waals surface area contributed by atoms with Gasteiger partial charge in [-0.15, -0.1) is 0 Å². The van der Waals surface area contributed by atoms with Gasteiger partial charge in [-0.2, -0.15) is 11.8 Å². The maximum atomic E-state index is 14.0. The van der Waals surface area contributed by atoms with Crippen LogP contribution in [0.15, 0.2) is 18.2 Å². The van der Waals surface area contributed by atoms with Gasteiger partial charge in [0.25, 0.3) is 0 Å². The second kappa shape index (κ2) is 8.58. The molecule has 0 bridgehead atoms. The maximum absolute atomic E-state index is 14.0. The van der Waals surface area contributed by atoms with E-state index in [1.54, 1.807) is 6.07 Å². The SMILES string of the molecule is CSCC[C@@H](NC(=O)N(Cc1c(F)cccc1Cl)C1CC1)C(=O)O. The van der Waals surface area contributed by atoms with Gasteiger partial charge in [-0.3, -0.25) is 0 Å². The molecule has 24 heavy (non-hydrogen) atoms. The summed E-state index contributed by atoms with van der Waals surface area (Å²) in [6.07, 6.45) is 3.85. The molecule has 1 saturated carbocycles. The number of nitrogens with zero attached hydrogens (tertiary/aromatic N) is 1. The molecule has 2 amide bonds. The number of carboxylic acid groups (broad SMARTS) is 1. The van der Waals surface area contributed by atoms with Crippen LogP contribution in [-0.4, -0.2) is 46.1 Å². The number of rotatable bonds is 8. The molecule has 132 valence electrons. The Morgan fingerprint density at radius 1 is 1.50 bits per heavy atom. The van der Waals surface area contributed by atoms with Crippen molar-refractivity contribution >= 4 is 35.4 Å². The summed E-state index contributed by atoms with van der Waals surface area (Å²) in [5, 5.41) is 12.0. The Balaban J connectivity index is 2.09. The second-order valence-electron chi connectivity index (χ2n) is 5.68. The third-order valence-electron chi connectivity index (χ3n) is 3.85. The number of carboxylic acids is 1. The Morgan fingerprint density at radius 2 is 2.21 bits per heavy atom. The minimum atomic E-state index is -1.07. The summed E-state index contributed by atoms with van der Waals surface area (Å²) in [6, 6.07) is 2.92. The van der Waals surface area contributed by atoms with Gasteiger partial charge in [0, 0.05) is 16.6 Å². The minimum Gasteiger partial charge on any atom is -0.480 e. The van der Waals surface area contributed by atoms with Gasteiger partial charge < -0.3 is 15.3 Å². The summed E-state index contributed by atoms with van der Waals surface area (Å²) in [7, 11) is 0. The molecule has 0 radical (unpaired) electrons. The van der Waals surface area contributed by atoms with Crippen molar-refractivity contribution in [2.45, 2.75) is 37.9 Å². The fourth-order valence-corrected chi connectivity index (χ4v) is 3.03. The highest BCUT2D eigenvalue weighted by molar-refractivity contribution is 7.98. The summed E-state index contributed by atoms with van der Waals surface area (Å²) in [5.41, 5.74) is 0.247. The number of nitrogens with one attached hydrogen (secondary N) is 1. The van der Waals surface area contributed by atoms with Crippen LogP contribution < -0.4 is 5.32 Å². The number of hydrogen-bond donors (Lipinski definition) is 2. The lowest BCUT2D eigenvalue weighted by Gasteiger charge is -2.25. The van der Waals surface area contributed by atoms with Crippen LogP contribution in [0.5, 0.6) is 0 Å². The molecular weight excluding hydrogens is 355 g/mol. The number of benzene rings is 1. The smallest absolute Gasteiger partial charge is 0.326 e. The number of aliphatic carboxylic acids is 1. The summed E-state index contributed by atoms with van der Waals surface area (Å²) in [6.45, 7) is 0.0247. The molecule has 5 nitrogen and oxygen atoms in total. The van der Waals surface area contributed by atoms with Crippen molar-refractivity contribution in [2.24, 2.45) is 0 Å². The zero-order chi connectivity index (χ0) is 17.7. The van der Waals surface area contributed by atoms with E-state index >= 15 is 0 Å². The van der Waals surface area contributed by atoms with E-state index in [-0.39, 0.29) is 23.2 Å². The number of amides is 2. The zero-order valence-electron chi connectivity index (χ0n) is 13.3. The van der Waals surface area contributed by atoms with Gasteiger partial charge in [0.1, 0.15) is 11.9 Å². The molecule has 0 saturated heterocycles. The topological polar surface area (TPSA) is 69.6 Å². The lowest BCUT2D eigenvalue weighted by molar-refractivity contribution is -0.139. The average molecular weight is 375 g/mol. The van der Waals surface area contributed by atoms with Crippen molar-refractivity contribution in [3.05, 3.63) is 34.6 Å². The van der Waals surface area contributed by atoms with Crippen molar-refractivity contribution in [2.75, 3.05) is 12.0 Å². The predicted molar refractivity (Wildman–Crippen MR) is 92.9 cm³/mol. The van der Waals surface area contributed by atoms with Gasteiger partial charge in [-0.25, -0.2) is 14.0 Å². The molecular formula is C16H20ClFN2O3S. The summed E-state index contributed by atoms with van der Waals surface area (Å²) < 4.78 is 14.0. The fourth-order valence-electron chi connectivity index (χ4n) is 2.33. The number of halogens is 2. The van der Waals surface area contributed by atoms with E-state index in [0.717, 1.165) is 12.8 Å². The van der Waals surface area contributed by atoms with Crippen molar-refractivity contribution < 1.29 is 19.1 Å². The zero-order valence-corrected chi connectivity index (χ0v) is 14.9. The molecule has 1 aliphatic rings. The van der Waals surface area contributed by atoms with Crippen molar-refractivity contribution in [3.8, 4) is 0 Å². The fraction of sp³-hybridized carbons (Fsp3) is 0.500. The first-order valence-corrected chi connectivity index (χ1v) is 9.43. The largest absolute Gasteiger partial charge is 0.480 e. The number of carbonyl (C=O) groups excluding carboxylic acids is 1. The highest BCUT2D eigenvalue weighted by Crippen LogP contribution is 2.30. The molecule has 2 N–H and O–H groups in total. The lowest BCUT2D eigenvalue weighted by Crippen LogP contribution is -2.48. The number of carbonyl (C=O) groups is 2. The van der Waals surface area contributed by atoms with Gasteiger partial charge in [0.15, 0.2) is 0 Å². The number of thioether (sulfide) groups is 1. The second-order valence-corrected chi connectivity index (χ2v) is 7.07. The molecule has 2 rings (SSSR count). The van der Waals surface area contributed by atoms with Crippen LogP contribution in [0.3, 0.4) is 0 Å². The van der Waals surface area contributed by atoms with Crippen molar-refractivity contribution in [1.82, 2.24) is 10.2 Å². The van der Waals surface area contributed by atoms with E-state index in [1.165, 1.54) is 28.8 Å². The molecule has 0 spiro atoms. The highest BCUT2D eigenvalue weighted by atomic mass is 35.5. The third kappa shape index (κ3) is 5.01. The van der Waals surface area contributed by atoms with Gasteiger partial charge in [-0.05, 0) is 43.4 Å². The van der Waals surface area contributed by atoms with E-state index in [0.29, 0.717) is 12.2 Å². The monoisotopic (exact) mass is 374 g/mol. The first kappa shape index (κ1) is 18.9. The molecule has 1 aromatic carbocycles. The van der Waals surface area contributed by atoms with Gasteiger partial charge >= 0.3 is 12.0 Å². The minimum absolute atomic E-state index is 0.00401. The van der Waals surface area contributed by atoms with Crippen LogP contribution in [0.2, 0.25) is 5.02 Å². The Hall–Kier alpha value is -1.47. The quantitative estimate of drug-likeness (QED) is 0.732. The highest BCUT2D eigenvalue weighted by Gasteiger charge is 2.35. The van der Waals surface area contributed by atoms with Crippen LogP contribution in [-0.2, 0) is 11.3 Å². The number of urea groups is 1. The number of hydrogen-bond acceptors (Lipinski definition) is 3. The van der Waals surface area contributed by atoms with Gasteiger partial charge in [0.05, 0.1) is 6.54 Å². The lowest BCUT2D eigenvalue weighted by atomic mass is 10.2. The molecule has 1 aromatic rings. The summed E-state index contributed by atoms with van der Waals surface area (Å²) in [5.74, 6) is -0.921. The van der Waals surface area contributed by atoms with E-state index in [2.05, 4.69) is 5.32 Å². The Bertz CT molecular complexity index is 593. The Labute approximate surface area is 149 Å². The first-order valence-electron chi connectivity index (χ1n) is 7.65. The van der Waals surface area contributed by atoms with E-state index < -0.39 is 23.9 Å². The Kier molecular flexibility index (Phi) is 6.74. The van der Waals surface area contributed by atoms with E-state index in [1.807, 2.05) is 6.26 Å². The summed E-state index contributed by atoms with van der Waals surface area (Å²) >= 11 is 7.55. The van der Waals surface area contributed by atoms with Crippen molar-refractivity contribution in [1.29, 1.82) is 0 Å². The van der Waals surface area contributed by atoms with Crippen LogP contribution >= 0.6 is 23.4 Å². The molecule has 8 heteroatoms. The average Bonchev–Trinajstić information content (AvgIpc) is 3.35. The molecule has 0 aromatic heterocycles. The standard InChI is InChI=1S/C16H20ClFN2O3S/c1-24-8-7-14(15(21)22)19-16(23)20(10-5-6-10)9-11-12(17)3-2-4-13(11)18/h2-4,10,14H,5-9H2,1H3,(H,19,23)(H,21,22)/t14-/m1/s1. The molecule has 1 aliphatic carbocycles. The molecule has 1 fully saturated rings. The molecule has 1 atom stereocenters. The van der Waals surface area contributed by atoms with Crippen LogP contribution in [0, 0.1) is 5.82 Å². The van der Waals surface area contributed by atoms with Crippen LogP contribution in [0.25, 0.3) is 0 Å².